The molecule has 0 aromatic heterocycles. The van der Waals surface area contributed by atoms with Crippen molar-refractivity contribution >= 4 is 79.8 Å². The van der Waals surface area contributed by atoms with Crippen LogP contribution in [0.3, 0.4) is 0 Å². The molecule has 0 spiro atoms. The Morgan fingerprint density at radius 2 is 1.77 bits per heavy atom. The number of hydrogen-bond donors (Lipinski definition) is 3. The molecular formula is C20H20I3NO6. The number of carbonyl (C=O) groups excluding carboxylic acids is 1. The number of carbonyl (C=O) groups is 2. The molecule has 1 atom stereocenters. The van der Waals surface area contributed by atoms with E-state index < -0.39 is 18.1 Å². The van der Waals surface area contributed by atoms with Crippen LogP contribution in [0.4, 0.5) is 4.79 Å². The molecule has 0 radical (unpaired) electrons. The van der Waals surface area contributed by atoms with Crippen LogP contribution in [-0.4, -0.2) is 34.9 Å². The van der Waals surface area contributed by atoms with Crippen LogP contribution in [0.5, 0.6) is 17.2 Å². The normalized spacial score (nSPS) is 11.6. The van der Waals surface area contributed by atoms with Gasteiger partial charge in [-0.2, -0.15) is 0 Å². The minimum atomic E-state index is -1.13. The Morgan fingerprint density at radius 1 is 1.10 bits per heavy atom. The molecule has 0 heterocycles. The van der Waals surface area contributed by atoms with Gasteiger partial charge in [0.1, 0.15) is 17.5 Å². The van der Waals surface area contributed by atoms with Gasteiger partial charge in [-0.25, -0.2) is 9.59 Å². The van der Waals surface area contributed by atoms with Crippen LogP contribution in [-0.2, 0) is 16.0 Å². The first-order valence-electron chi connectivity index (χ1n) is 9.01. The Balaban J connectivity index is 2.12. The van der Waals surface area contributed by atoms with Gasteiger partial charge >= 0.3 is 12.1 Å². The number of unbranched alkanes of at least 4 members (excludes halogenated alkanes) is 1. The van der Waals surface area contributed by atoms with Gasteiger partial charge in [-0.3, -0.25) is 0 Å². The molecular weight excluding hydrogens is 731 g/mol. The van der Waals surface area contributed by atoms with E-state index in [1.165, 1.54) is 0 Å². The lowest BCUT2D eigenvalue weighted by atomic mass is 10.1. The highest BCUT2D eigenvalue weighted by Crippen LogP contribution is 2.35. The minimum absolute atomic E-state index is 0.113. The molecule has 2 rings (SSSR count). The number of nitrogens with one attached hydrogen (secondary N) is 1. The number of phenolic OH excluding ortho intramolecular Hbond substituents is 1. The summed E-state index contributed by atoms with van der Waals surface area (Å²) in [5.41, 5.74) is 0.748. The number of phenols is 1. The van der Waals surface area contributed by atoms with Gasteiger partial charge in [0.2, 0.25) is 0 Å². The van der Waals surface area contributed by atoms with Gasteiger partial charge in [0, 0.05) is 6.42 Å². The summed E-state index contributed by atoms with van der Waals surface area (Å²) in [6.45, 7) is 2.23. The molecule has 2 aromatic carbocycles. The second-order valence-corrected chi connectivity index (χ2v) is 9.82. The van der Waals surface area contributed by atoms with Gasteiger partial charge in [-0.05, 0) is 110 Å². The lowest BCUT2D eigenvalue weighted by Gasteiger charge is -2.17. The Hall–Kier alpha value is -1.03. The second-order valence-electron chi connectivity index (χ2n) is 6.33. The predicted molar refractivity (Wildman–Crippen MR) is 137 cm³/mol. The summed E-state index contributed by atoms with van der Waals surface area (Å²) >= 11 is 6.27. The number of hydrogen-bond acceptors (Lipinski definition) is 5. The largest absolute Gasteiger partial charge is 0.507 e. The predicted octanol–water partition coefficient (Wildman–Crippen LogP) is 5.52. The van der Waals surface area contributed by atoms with Crippen LogP contribution in [0.2, 0.25) is 0 Å². The van der Waals surface area contributed by atoms with E-state index in [4.69, 9.17) is 9.47 Å². The number of aliphatic carboxylic acids is 1. The second kappa shape index (κ2) is 12.1. The number of carboxylic acids is 1. The average molecular weight is 751 g/mol. The van der Waals surface area contributed by atoms with E-state index in [9.17, 15) is 19.8 Å². The first-order valence-corrected chi connectivity index (χ1v) is 12.2. The third kappa shape index (κ3) is 7.59. The van der Waals surface area contributed by atoms with Gasteiger partial charge in [0.25, 0.3) is 0 Å². The summed E-state index contributed by atoms with van der Waals surface area (Å²) in [4.78, 5) is 23.4. The number of aromatic hydroxyl groups is 1. The van der Waals surface area contributed by atoms with Crippen molar-refractivity contribution in [3.63, 3.8) is 0 Å². The van der Waals surface area contributed by atoms with E-state index in [1.54, 1.807) is 18.2 Å². The van der Waals surface area contributed by atoms with Crippen LogP contribution in [0.15, 0.2) is 30.3 Å². The molecule has 0 saturated heterocycles. The van der Waals surface area contributed by atoms with Crippen LogP contribution >= 0.6 is 67.8 Å². The molecule has 7 nitrogen and oxygen atoms in total. The van der Waals surface area contributed by atoms with Crippen molar-refractivity contribution in [1.29, 1.82) is 0 Å². The maximum Gasteiger partial charge on any atom is 0.407 e. The lowest BCUT2D eigenvalue weighted by Crippen LogP contribution is -2.42. The molecule has 2 aromatic rings. The maximum atomic E-state index is 11.8. The van der Waals surface area contributed by atoms with Crippen molar-refractivity contribution in [3.05, 3.63) is 46.6 Å². The molecule has 1 amide bonds. The number of alkyl carbamates (subject to hydrolysis) is 1. The van der Waals surface area contributed by atoms with Crippen molar-refractivity contribution < 1.29 is 29.3 Å². The Labute approximate surface area is 215 Å². The highest BCUT2D eigenvalue weighted by molar-refractivity contribution is 14.1. The standard InChI is InChI=1S/C20H20I3NO6/c1-2-3-6-29-20(28)24-16(19(26)27)9-11-7-14(22)18(15(23)8-11)30-12-4-5-17(25)13(21)10-12/h4-5,7-8,10,16,25H,2-3,6,9H2,1H3,(H,24,28)(H,26,27)/t16-/m0/s1. The topological polar surface area (TPSA) is 105 Å². The summed E-state index contributed by atoms with van der Waals surface area (Å²) in [5.74, 6) is 0.274. The first kappa shape index (κ1) is 25.2. The number of rotatable bonds is 9. The molecule has 162 valence electrons. The van der Waals surface area contributed by atoms with Gasteiger partial charge in [-0.15, -0.1) is 0 Å². The van der Waals surface area contributed by atoms with Crippen molar-refractivity contribution in [2.24, 2.45) is 0 Å². The lowest BCUT2D eigenvalue weighted by molar-refractivity contribution is -0.139. The zero-order valence-electron chi connectivity index (χ0n) is 16.0. The van der Waals surface area contributed by atoms with E-state index in [-0.39, 0.29) is 18.8 Å². The molecule has 0 saturated carbocycles. The van der Waals surface area contributed by atoms with E-state index in [0.29, 0.717) is 15.1 Å². The highest BCUT2D eigenvalue weighted by atomic mass is 127. The zero-order valence-corrected chi connectivity index (χ0v) is 22.4. The first-order chi connectivity index (χ1) is 14.2. The maximum absolute atomic E-state index is 11.8. The summed E-state index contributed by atoms with van der Waals surface area (Å²) in [5, 5.41) is 21.5. The summed E-state index contributed by atoms with van der Waals surface area (Å²) < 4.78 is 13.2. The summed E-state index contributed by atoms with van der Waals surface area (Å²) in [6.07, 6.45) is 0.983. The fourth-order valence-corrected chi connectivity index (χ4v) is 5.03. The third-order valence-electron chi connectivity index (χ3n) is 3.96. The number of amides is 1. The van der Waals surface area contributed by atoms with Crippen LogP contribution in [0.25, 0.3) is 0 Å². The fraction of sp³-hybridized carbons (Fsp3) is 0.300. The average Bonchev–Trinajstić information content (AvgIpc) is 2.67. The Kier molecular flexibility index (Phi) is 10.2. The summed E-state index contributed by atoms with van der Waals surface area (Å²) in [7, 11) is 0. The fourth-order valence-electron chi connectivity index (χ4n) is 2.43. The van der Waals surface area contributed by atoms with E-state index in [1.807, 2.05) is 41.6 Å². The quantitative estimate of drug-likeness (QED) is 0.231. The van der Waals surface area contributed by atoms with Gasteiger partial charge in [0.05, 0.1) is 17.3 Å². The van der Waals surface area contributed by atoms with Gasteiger partial charge in [-0.1, -0.05) is 13.3 Å². The number of halogens is 3. The molecule has 0 aliphatic rings. The molecule has 0 aliphatic carbocycles. The number of carboxylic acid groups (broad SMARTS) is 1. The summed E-state index contributed by atoms with van der Waals surface area (Å²) in [6, 6.07) is 7.51. The van der Waals surface area contributed by atoms with E-state index in [0.717, 1.165) is 25.5 Å². The minimum Gasteiger partial charge on any atom is -0.507 e. The Bertz CT molecular complexity index is 898. The molecule has 0 aliphatic heterocycles. The molecule has 0 fully saturated rings. The molecule has 0 bridgehead atoms. The molecule has 30 heavy (non-hydrogen) atoms. The zero-order chi connectivity index (χ0) is 22.3. The van der Waals surface area contributed by atoms with Crippen molar-refractivity contribution in [3.8, 4) is 17.2 Å². The van der Waals surface area contributed by atoms with Crippen LogP contribution < -0.4 is 10.1 Å². The number of benzene rings is 2. The van der Waals surface area contributed by atoms with Crippen molar-refractivity contribution in [2.75, 3.05) is 6.61 Å². The van der Waals surface area contributed by atoms with E-state index in [2.05, 4.69) is 50.5 Å². The Morgan fingerprint density at radius 3 is 2.33 bits per heavy atom. The monoisotopic (exact) mass is 751 g/mol. The third-order valence-corrected chi connectivity index (χ3v) is 6.42. The number of ether oxygens (including phenoxy) is 2. The van der Waals surface area contributed by atoms with Crippen LogP contribution in [0.1, 0.15) is 25.3 Å². The highest BCUT2D eigenvalue weighted by Gasteiger charge is 2.22. The van der Waals surface area contributed by atoms with E-state index >= 15 is 0 Å². The van der Waals surface area contributed by atoms with Crippen molar-refractivity contribution in [1.82, 2.24) is 5.32 Å². The smallest absolute Gasteiger partial charge is 0.407 e. The molecule has 0 unspecified atom stereocenters. The van der Waals surface area contributed by atoms with Crippen molar-refractivity contribution in [2.45, 2.75) is 32.2 Å². The SMILES string of the molecule is CCCCOC(=O)N[C@@H](Cc1cc(I)c(Oc2ccc(O)c(I)c2)c(I)c1)C(=O)O. The van der Waals surface area contributed by atoms with Gasteiger partial charge in [0.15, 0.2) is 5.75 Å². The molecule has 10 heteroatoms. The van der Waals surface area contributed by atoms with Crippen LogP contribution in [0, 0.1) is 10.7 Å². The molecule has 3 N–H and O–H groups in total. The van der Waals surface area contributed by atoms with Gasteiger partial charge < -0.3 is 25.0 Å².